The molecule has 0 radical (unpaired) electrons. The van der Waals surface area contributed by atoms with E-state index in [4.69, 9.17) is 9.47 Å². The monoisotopic (exact) mass is 1250 g/mol. The molecule has 1 amide bonds. The SMILES string of the molecule is CC(C)(C)CC1=Nc2ccccc2C1.CC(C)(C)CC1CC2(CCCCC2)C1.CC(C)(C)Cc1ccc2c(c1)OCO2.CC(C)(C)Cc1ncccn1.CN1CCN(CCC(C)(C)C)CC1=O.Cc1ccc(CC(C)(C)C)cc1.Cc1cnc(CC(C)(C)C)cn1. The molecule has 10 nitrogen and oxygen atoms in total. The lowest BCUT2D eigenvalue weighted by Crippen LogP contribution is -2.49. The summed E-state index contributed by atoms with van der Waals surface area (Å²) in [6, 6.07) is 25.3. The maximum Gasteiger partial charge on any atom is 0.236 e. The summed E-state index contributed by atoms with van der Waals surface area (Å²) in [4.78, 5) is 36.9. The van der Waals surface area contributed by atoms with E-state index in [-0.39, 0.29) is 11.3 Å². The number of piperazine rings is 1. The first-order chi connectivity index (χ1) is 42.0. The highest BCUT2D eigenvalue weighted by molar-refractivity contribution is 5.94. The van der Waals surface area contributed by atoms with Gasteiger partial charge in [0.1, 0.15) is 5.82 Å². The Labute approximate surface area is 556 Å². The van der Waals surface area contributed by atoms with Crippen molar-refractivity contribution in [3.8, 4) is 11.5 Å². The molecule has 2 aliphatic carbocycles. The predicted octanol–water partition coefficient (Wildman–Crippen LogP) is 20.8. The van der Waals surface area contributed by atoms with E-state index in [2.05, 4.69) is 243 Å². The Kier molecular flexibility index (Phi) is 29.7. The maximum atomic E-state index is 11.4. The molecule has 0 N–H and O–H groups in total. The van der Waals surface area contributed by atoms with Crippen molar-refractivity contribution in [1.29, 1.82) is 0 Å². The van der Waals surface area contributed by atoms with Crippen LogP contribution in [0.2, 0.25) is 0 Å². The van der Waals surface area contributed by atoms with Crippen LogP contribution in [0.4, 0.5) is 5.69 Å². The minimum absolute atomic E-state index is 0.255. The molecule has 0 bridgehead atoms. The molecule has 5 aromatic rings. The van der Waals surface area contributed by atoms with Gasteiger partial charge in [0.05, 0.1) is 23.6 Å². The molecule has 3 aromatic carbocycles. The van der Waals surface area contributed by atoms with Crippen LogP contribution in [0.3, 0.4) is 0 Å². The summed E-state index contributed by atoms with van der Waals surface area (Å²) < 4.78 is 10.6. The zero-order valence-corrected chi connectivity index (χ0v) is 62.3. The number of benzene rings is 3. The molecule has 3 fully saturated rings. The molecule has 506 valence electrons. The highest BCUT2D eigenvalue weighted by Gasteiger charge is 2.45. The molecule has 5 aliphatic rings. The van der Waals surface area contributed by atoms with E-state index in [1.54, 1.807) is 38.1 Å². The fraction of sp³-hybridized carbons (Fsp3) is 0.654. The molecular weight excluding hydrogens is 1120 g/mol. The number of rotatable bonds is 8. The van der Waals surface area contributed by atoms with Gasteiger partial charge in [-0.3, -0.25) is 24.7 Å². The largest absolute Gasteiger partial charge is 0.454 e. The lowest BCUT2D eigenvalue weighted by molar-refractivity contribution is -0.134. The van der Waals surface area contributed by atoms with Crippen LogP contribution in [-0.2, 0) is 36.9 Å². The topological polar surface area (TPSA) is 106 Å². The summed E-state index contributed by atoms with van der Waals surface area (Å²) in [6.07, 6.45) is 26.9. The highest BCUT2D eigenvalue weighted by Crippen LogP contribution is 2.57. The molecule has 1 spiro atoms. The Morgan fingerprint density at radius 3 is 1.64 bits per heavy atom. The number of carbonyl (C=O) groups excluding carboxylic acids is 1. The van der Waals surface area contributed by atoms with Gasteiger partial charge in [0.25, 0.3) is 0 Å². The van der Waals surface area contributed by atoms with Crippen LogP contribution in [0.5, 0.6) is 11.5 Å². The van der Waals surface area contributed by atoms with Crippen LogP contribution in [0.25, 0.3) is 0 Å². The van der Waals surface area contributed by atoms with Gasteiger partial charge in [-0.1, -0.05) is 219 Å². The van der Waals surface area contributed by atoms with Crippen LogP contribution in [0.15, 0.2) is 103 Å². The van der Waals surface area contributed by atoms with Gasteiger partial charge in [0.15, 0.2) is 11.5 Å². The van der Waals surface area contributed by atoms with E-state index in [1.165, 1.54) is 59.3 Å². The van der Waals surface area contributed by atoms with E-state index < -0.39 is 0 Å². The van der Waals surface area contributed by atoms with Gasteiger partial charge in [-0.2, -0.15) is 0 Å². The summed E-state index contributed by atoms with van der Waals surface area (Å²) in [6.45, 7) is 55.3. The first kappa shape index (κ1) is 78.0. The minimum atomic E-state index is 0.255. The van der Waals surface area contributed by atoms with Crippen LogP contribution < -0.4 is 9.47 Å². The average Bonchev–Trinajstić information content (AvgIpc) is 1.67. The number of aromatic nitrogens is 4. The maximum absolute atomic E-state index is 11.4. The van der Waals surface area contributed by atoms with E-state index in [0.29, 0.717) is 45.8 Å². The average molecular weight is 1250 g/mol. The van der Waals surface area contributed by atoms with Crippen molar-refractivity contribution in [2.75, 3.05) is 40.0 Å². The fourth-order valence-electron chi connectivity index (χ4n) is 12.2. The van der Waals surface area contributed by atoms with Gasteiger partial charge < -0.3 is 14.4 Å². The molecule has 2 aromatic heterocycles. The third-order valence-electron chi connectivity index (χ3n) is 16.3. The number of para-hydroxylation sites is 1. The number of hydrogen-bond acceptors (Lipinski definition) is 9. The van der Waals surface area contributed by atoms with Gasteiger partial charge in [0, 0.05) is 63.5 Å². The molecule has 1 saturated heterocycles. The van der Waals surface area contributed by atoms with Gasteiger partial charge >= 0.3 is 0 Å². The quantitative estimate of drug-likeness (QED) is 0.151. The zero-order chi connectivity index (χ0) is 68.1. The van der Waals surface area contributed by atoms with Crippen molar-refractivity contribution < 1.29 is 14.3 Å². The van der Waals surface area contributed by atoms with E-state index in [0.717, 1.165) is 105 Å². The number of carbonyl (C=O) groups is 1. The second-order valence-corrected chi connectivity index (χ2v) is 35.7. The van der Waals surface area contributed by atoms with Gasteiger partial charge in [-0.15, -0.1) is 0 Å². The van der Waals surface area contributed by atoms with E-state index >= 15 is 0 Å². The molecule has 5 heterocycles. The Morgan fingerprint density at radius 2 is 1.11 bits per heavy atom. The van der Waals surface area contributed by atoms with Crippen LogP contribution in [0, 0.1) is 63.1 Å². The Balaban J connectivity index is 0.000000227. The smallest absolute Gasteiger partial charge is 0.236 e. The molecule has 3 aliphatic heterocycles. The van der Waals surface area contributed by atoms with Crippen molar-refractivity contribution in [2.45, 2.75) is 256 Å². The van der Waals surface area contributed by atoms with Crippen molar-refractivity contribution in [2.24, 2.45) is 54.2 Å². The normalized spacial score (nSPS) is 16.4. The summed E-state index contributed by atoms with van der Waals surface area (Å²) in [5.74, 6) is 3.99. The van der Waals surface area contributed by atoms with Gasteiger partial charge in [-0.05, 0) is 175 Å². The van der Waals surface area contributed by atoms with Gasteiger partial charge in [0.2, 0.25) is 12.7 Å². The van der Waals surface area contributed by atoms with Crippen LogP contribution >= 0.6 is 0 Å². The second kappa shape index (κ2) is 34.6. The van der Waals surface area contributed by atoms with E-state index in [9.17, 15) is 4.79 Å². The molecule has 91 heavy (non-hydrogen) atoms. The Hall–Kier alpha value is -5.48. The van der Waals surface area contributed by atoms with Crippen LogP contribution in [0.1, 0.15) is 249 Å². The summed E-state index contributed by atoms with van der Waals surface area (Å²) >= 11 is 0. The molecule has 0 unspecified atom stereocenters. The highest BCUT2D eigenvalue weighted by atomic mass is 16.7. The number of aryl methyl sites for hydroxylation is 2. The second-order valence-electron chi connectivity index (χ2n) is 35.7. The number of amides is 1. The summed E-state index contributed by atoms with van der Waals surface area (Å²) in [5.41, 5.74) is 13.4. The molecule has 10 rings (SSSR count). The number of aliphatic imine (C=N–C) groups is 1. The zero-order valence-electron chi connectivity index (χ0n) is 62.3. The standard InChI is InChI=1S/C14H26.C13H17N.C12H16O2.C12H18.C11H22N2O.C10H16N2.C9H14N2/c1-13(2,3)9-12-10-14(11-12)7-5-4-6-8-14;1-13(2,3)9-11-8-10-6-4-5-7-12(10)14-11;1-12(2,3)7-9-4-5-10-11(6-9)14-8-13-10;1-10-5-7-11(8-6-10)9-12(2,3)4;1-11(2,3)5-6-13-8-7-12(4)10(14)9-13;1-8-6-12-9(7-11-8)5-10(2,3)4;1-9(2,3)7-8-10-5-4-6-11-8/h12H,4-11H2,1-3H3;4-7H,8-9H2,1-3H3;4-6H,7-8H2,1-3H3;5-8H,9H2,1-4H3;5-9H2,1-4H3;6-7H,5H2,1-4H3;4-6H,7H2,1-3H3. The van der Waals surface area contributed by atoms with Crippen molar-refractivity contribution in [3.63, 3.8) is 0 Å². The summed E-state index contributed by atoms with van der Waals surface area (Å²) in [5, 5.41) is 0. The van der Waals surface area contributed by atoms with Crippen molar-refractivity contribution in [1.82, 2.24) is 29.7 Å². The number of nitrogens with zero attached hydrogens (tertiary/aromatic N) is 7. The fourth-order valence-corrected chi connectivity index (χ4v) is 12.2. The number of ether oxygens (including phenoxy) is 2. The molecule has 0 atom stereocenters. The van der Waals surface area contributed by atoms with E-state index in [1.807, 2.05) is 43.4 Å². The van der Waals surface area contributed by atoms with Crippen molar-refractivity contribution >= 4 is 17.3 Å². The predicted molar refractivity (Wildman–Crippen MR) is 387 cm³/mol. The Morgan fingerprint density at radius 1 is 0.549 bits per heavy atom. The van der Waals surface area contributed by atoms with Gasteiger partial charge in [-0.25, -0.2) is 9.97 Å². The molecular formula is C81H129N7O3. The first-order valence-corrected chi connectivity index (χ1v) is 34.6. The minimum Gasteiger partial charge on any atom is -0.454 e. The summed E-state index contributed by atoms with van der Waals surface area (Å²) in [7, 11) is 1.88. The van der Waals surface area contributed by atoms with Crippen LogP contribution in [-0.4, -0.2) is 81.4 Å². The number of hydrogen-bond donors (Lipinski definition) is 0. The Bertz CT molecular complexity index is 2860. The lowest BCUT2D eigenvalue weighted by Gasteiger charge is -2.52. The lowest BCUT2D eigenvalue weighted by atomic mass is 9.54. The molecule has 10 heteroatoms. The number of fused-ring (bicyclic) bond motifs is 2. The first-order valence-electron chi connectivity index (χ1n) is 34.6. The third kappa shape index (κ3) is 34.3. The third-order valence-corrected chi connectivity index (χ3v) is 16.3. The number of likely N-dealkylation sites (N-methyl/N-ethyl adjacent to an activating group) is 1. The van der Waals surface area contributed by atoms with Crippen molar-refractivity contribution in [3.05, 3.63) is 137 Å². The molecule has 2 saturated carbocycles.